The molecule has 0 aromatic heterocycles. The fraction of sp³-hybridized carbons (Fsp3) is 0.133. The molecule has 0 saturated carbocycles. The Kier molecular flexibility index (Phi) is 4.24. The van der Waals surface area contributed by atoms with Crippen LogP contribution in [0.1, 0.15) is 11.6 Å². The molecule has 1 aliphatic rings. The van der Waals surface area contributed by atoms with Gasteiger partial charge in [-0.3, -0.25) is 4.99 Å². The van der Waals surface area contributed by atoms with Gasteiger partial charge in [-0.15, -0.1) is 0 Å². The molecule has 2 aromatic carbocycles. The van der Waals surface area contributed by atoms with Crippen molar-refractivity contribution in [1.82, 2.24) is 0 Å². The molecule has 0 radical (unpaired) electrons. The molecule has 0 amide bonds. The zero-order chi connectivity index (χ0) is 15.0. The molecule has 3 rings (SSSR count). The smallest absolute Gasteiger partial charge is 0.196 e. The summed E-state index contributed by atoms with van der Waals surface area (Å²) in [5, 5.41) is 0.683. The number of halogens is 3. The summed E-state index contributed by atoms with van der Waals surface area (Å²) in [4.78, 5) is 6.40. The number of rotatable bonds is 2. The highest BCUT2D eigenvalue weighted by molar-refractivity contribution is 9.13. The first-order valence-electron chi connectivity index (χ1n) is 6.36. The monoisotopic (exact) mass is 427 g/mol. The van der Waals surface area contributed by atoms with Crippen LogP contribution in [0.3, 0.4) is 0 Å². The number of aliphatic imine (C=N–C) groups is 1. The third kappa shape index (κ3) is 2.96. The second kappa shape index (κ2) is 5.99. The zero-order valence-corrected chi connectivity index (χ0v) is 14.9. The summed E-state index contributed by atoms with van der Waals surface area (Å²) in [6.07, 6.45) is 0. The molecule has 2 aromatic rings. The van der Waals surface area contributed by atoms with E-state index in [4.69, 9.17) is 17.3 Å². The molecular formula is C15H12Br2ClN3. The van der Waals surface area contributed by atoms with E-state index < -0.39 is 0 Å². The van der Waals surface area contributed by atoms with E-state index in [1.165, 1.54) is 0 Å². The van der Waals surface area contributed by atoms with E-state index in [0.717, 1.165) is 20.2 Å². The first-order valence-corrected chi connectivity index (χ1v) is 8.32. The molecule has 0 saturated heterocycles. The number of benzene rings is 2. The molecule has 0 bridgehead atoms. The lowest BCUT2D eigenvalue weighted by Gasteiger charge is -2.27. The van der Waals surface area contributed by atoms with Crippen molar-refractivity contribution in [3.05, 3.63) is 62.0 Å². The molecule has 0 aliphatic carbocycles. The minimum absolute atomic E-state index is 0.0767. The van der Waals surface area contributed by atoms with Crippen LogP contribution in [-0.4, -0.2) is 12.5 Å². The van der Waals surface area contributed by atoms with Crippen molar-refractivity contribution in [3.8, 4) is 0 Å². The fourth-order valence-electron chi connectivity index (χ4n) is 2.41. The Balaban J connectivity index is 2.00. The van der Waals surface area contributed by atoms with Crippen molar-refractivity contribution in [3.63, 3.8) is 0 Å². The van der Waals surface area contributed by atoms with Crippen molar-refractivity contribution < 1.29 is 0 Å². The maximum absolute atomic E-state index is 6.09. The average Bonchev–Trinajstić information content (AvgIpc) is 2.84. The minimum atomic E-state index is 0.0767. The van der Waals surface area contributed by atoms with Gasteiger partial charge in [0.1, 0.15) is 0 Å². The normalized spacial score (nSPS) is 18.0. The van der Waals surface area contributed by atoms with E-state index in [-0.39, 0.29) is 6.04 Å². The average molecular weight is 430 g/mol. The van der Waals surface area contributed by atoms with Gasteiger partial charge in [0, 0.05) is 19.7 Å². The van der Waals surface area contributed by atoms with Crippen LogP contribution >= 0.6 is 43.5 Å². The highest BCUT2D eigenvalue weighted by Crippen LogP contribution is 2.34. The molecule has 21 heavy (non-hydrogen) atoms. The van der Waals surface area contributed by atoms with E-state index in [2.05, 4.69) is 49.0 Å². The lowest BCUT2D eigenvalue weighted by molar-refractivity contribution is 0.768. The second-order valence-electron chi connectivity index (χ2n) is 4.74. The summed E-state index contributed by atoms with van der Waals surface area (Å²) >= 11 is 13.1. The highest BCUT2D eigenvalue weighted by atomic mass is 79.9. The molecule has 108 valence electrons. The summed E-state index contributed by atoms with van der Waals surface area (Å²) in [6.45, 7) is 0.631. The lowest BCUT2D eigenvalue weighted by Crippen LogP contribution is -2.36. The minimum Gasteiger partial charge on any atom is -0.369 e. The van der Waals surface area contributed by atoms with Crippen LogP contribution in [0.4, 0.5) is 5.69 Å². The lowest BCUT2D eigenvalue weighted by atomic mass is 10.1. The molecule has 1 aliphatic heterocycles. The van der Waals surface area contributed by atoms with Gasteiger partial charge in [-0.2, -0.15) is 0 Å². The third-order valence-corrected chi connectivity index (χ3v) is 5.51. The van der Waals surface area contributed by atoms with Crippen LogP contribution < -0.4 is 10.6 Å². The second-order valence-corrected chi connectivity index (χ2v) is 6.88. The quantitative estimate of drug-likeness (QED) is 0.749. The molecule has 0 fully saturated rings. The predicted molar refractivity (Wildman–Crippen MR) is 95.0 cm³/mol. The number of anilines is 1. The van der Waals surface area contributed by atoms with Crippen molar-refractivity contribution in [2.75, 3.05) is 11.4 Å². The number of nitrogens with zero attached hydrogens (tertiary/aromatic N) is 2. The van der Waals surface area contributed by atoms with Crippen LogP contribution in [0.15, 0.2) is 56.4 Å². The summed E-state index contributed by atoms with van der Waals surface area (Å²) < 4.78 is 2.03. The Bertz CT molecular complexity index is 718. The van der Waals surface area contributed by atoms with Gasteiger partial charge in [-0.05, 0) is 67.8 Å². The summed E-state index contributed by atoms with van der Waals surface area (Å²) in [7, 11) is 0. The van der Waals surface area contributed by atoms with Gasteiger partial charge >= 0.3 is 0 Å². The van der Waals surface area contributed by atoms with Crippen molar-refractivity contribution >= 4 is 55.1 Å². The number of nitrogens with two attached hydrogens (primary N) is 1. The highest BCUT2D eigenvalue weighted by Gasteiger charge is 2.29. The van der Waals surface area contributed by atoms with Crippen molar-refractivity contribution in [2.45, 2.75) is 6.04 Å². The van der Waals surface area contributed by atoms with Gasteiger partial charge in [0.2, 0.25) is 0 Å². The van der Waals surface area contributed by atoms with Gasteiger partial charge < -0.3 is 10.6 Å². The Morgan fingerprint density at radius 2 is 1.95 bits per heavy atom. The number of hydrogen-bond acceptors (Lipinski definition) is 3. The molecule has 0 spiro atoms. The van der Waals surface area contributed by atoms with Gasteiger partial charge in [0.15, 0.2) is 5.96 Å². The molecule has 1 unspecified atom stereocenters. The van der Waals surface area contributed by atoms with E-state index in [9.17, 15) is 0 Å². The van der Waals surface area contributed by atoms with E-state index in [1.54, 1.807) is 0 Å². The first-order chi connectivity index (χ1) is 10.1. The number of hydrogen-bond donors (Lipinski definition) is 1. The summed E-state index contributed by atoms with van der Waals surface area (Å²) in [6, 6.07) is 13.9. The predicted octanol–water partition coefficient (Wildman–Crippen LogP) is 4.74. The van der Waals surface area contributed by atoms with Crippen LogP contribution in [0, 0.1) is 0 Å². The molecule has 6 heteroatoms. The van der Waals surface area contributed by atoms with Crippen molar-refractivity contribution in [1.29, 1.82) is 0 Å². The molecule has 2 N–H and O–H groups in total. The zero-order valence-electron chi connectivity index (χ0n) is 10.9. The Hall–Kier alpha value is -1.04. The van der Waals surface area contributed by atoms with Crippen molar-refractivity contribution in [2.24, 2.45) is 10.7 Å². The van der Waals surface area contributed by atoms with E-state index in [0.29, 0.717) is 17.5 Å². The van der Waals surface area contributed by atoms with E-state index in [1.807, 2.05) is 35.2 Å². The van der Waals surface area contributed by atoms with Gasteiger partial charge in [-0.25, -0.2) is 0 Å². The fourth-order valence-corrected chi connectivity index (χ4v) is 3.24. The SMILES string of the molecule is NC1=NCC(c2ccc(Br)c(Br)c2)N1c1cccc(Cl)c1. The Labute approximate surface area is 145 Å². The first kappa shape index (κ1) is 14.9. The van der Waals surface area contributed by atoms with Gasteiger partial charge in [0.25, 0.3) is 0 Å². The molecule has 3 nitrogen and oxygen atoms in total. The standard InChI is InChI=1S/C15H12Br2ClN3/c16-12-5-4-9(6-13(12)17)14-8-20-15(19)21(14)11-3-1-2-10(18)7-11/h1-7,14H,8H2,(H2,19,20). The summed E-state index contributed by atoms with van der Waals surface area (Å²) in [5.41, 5.74) is 8.17. The maximum Gasteiger partial charge on any atom is 0.196 e. The Morgan fingerprint density at radius 1 is 1.14 bits per heavy atom. The van der Waals surface area contributed by atoms with Crippen LogP contribution in [0.25, 0.3) is 0 Å². The topological polar surface area (TPSA) is 41.6 Å². The Morgan fingerprint density at radius 3 is 2.67 bits per heavy atom. The maximum atomic E-state index is 6.09. The van der Waals surface area contributed by atoms with Gasteiger partial charge in [0.05, 0.1) is 12.6 Å². The molecule has 1 heterocycles. The van der Waals surface area contributed by atoms with Crippen LogP contribution in [0.5, 0.6) is 0 Å². The summed E-state index contributed by atoms with van der Waals surface area (Å²) in [5.74, 6) is 0.515. The van der Waals surface area contributed by atoms with Crippen LogP contribution in [0.2, 0.25) is 5.02 Å². The molecular weight excluding hydrogens is 417 g/mol. The largest absolute Gasteiger partial charge is 0.369 e. The van der Waals surface area contributed by atoms with Crippen LogP contribution in [-0.2, 0) is 0 Å². The third-order valence-electron chi connectivity index (χ3n) is 3.40. The molecule has 1 atom stereocenters. The van der Waals surface area contributed by atoms with Gasteiger partial charge in [-0.1, -0.05) is 23.7 Å². The number of guanidine groups is 1. The van der Waals surface area contributed by atoms with E-state index >= 15 is 0 Å².